The maximum Gasteiger partial charge on any atom is 0.161 e. The molecule has 0 amide bonds. The Labute approximate surface area is 115 Å². The molecule has 1 aromatic carbocycles. The maximum atomic E-state index is 10.4. The Balaban J connectivity index is 2.09. The van der Waals surface area contributed by atoms with E-state index in [0.29, 0.717) is 19.1 Å². The average Bonchev–Trinajstić information content (AvgIpc) is 2.37. The summed E-state index contributed by atoms with van der Waals surface area (Å²) in [4.78, 5) is 0. The molecule has 106 valence electrons. The molecule has 1 heterocycles. The van der Waals surface area contributed by atoms with Crippen molar-refractivity contribution < 1.29 is 14.6 Å². The molecule has 0 saturated carbocycles. The topological polar surface area (TPSA) is 38.7 Å². The van der Waals surface area contributed by atoms with Gasteiger partial charge in [-0.2, -0.15) is 0 Å². The molecule has 0 bridgehead atoms. The molecular weight excluding hydrogens is 240 g/mol. The summed E-state index contributed by atoms with van der Waals surface area (Å²) < 4.78 is 11.0. The van der Waals surface area contributed by atoms with E-state index in [2.05, 4.69) is 27.7 Å². The summed E-state index contributed by atoms with van der Waals surface area (Å²) in [5, 5.41) is 10.4. The van der Waals surface area contributed by atoms with Crippen molar-refractivity contribution in [3.8, 4) is 11.5 Å². The lowest BCUT2D eigenvalue weighted by atomic mass is 9.78. The van der Waals surface area contributed by atoms with Gasteiger partial charge in [0.2, 0.25) is 0 Å². The van der Waals surface area contributed by atoms with Gasteiger partial charge in [-0.05, 0) is 35.4 Å². The van der Waals surface area contributed by atoms with Gasteiger partial charge in [-0.15, -0.1) is 0 Å². The molecule has 0 aromatic heterocycles. The summed E-state index contributed by atoms with van der Waals surface area (Å²) in [7, 11) is 0. The van der Waals surface area contributed by atoms with Crippen LogP contribution in [0.4, 0.5) is 0 Å². The lowest BCUT2D eigenvalue weighted by molar-refractivity contribution is 0.110. The van der Waals surface area contributed by atoms with E-state index in [0.717, 1.165) is 23.5 Å². The fourth-order valence-corrected chi connectivity index (χ4v) is 2.09. The molecule has 0 fully saturated rings. The standard InChI is InChI=1S/C16H24O3/c1-11(16(2,3)4)9-13(17)12-5-6-14-15(10-12)19-8-7-18-14/h5-6,10-11,13,17H,7-9H2,1-4H3. The molecule has 1 aliphatic rings. The molecule has 0 spiro atoms. The highest BCUT2D eigenvalue weighted by atomic mass is 16.6. The zero-order valence-corrected chi connectivity index (χ0v) is 12.3. The SMILES string of the molecule is CC(CC(O)c1ccc2c(c1)OCCO2)C(C)(C)C. The van der Waals surface area contributed by atoms with Crippen LogP contribution in [0, 0.1) is 11.3 Å². The van der Waals surface area contributed by atoms with Crippen molar-refractivity contribution in [1.82, 2.24) is 0 Å². The maximum absolute atomic E-state index is 10.4. The van der Waals surface area contributed by atoms with Gasteiger partial charge in [-0.1, -0.05) is 33.8 Å². The van der Waals surface area contributed by atoms with Gasteiger partial charge in [0.05, 0.1) is 6.10 Å². The summed E-state index contributed by atoms with van der Waals surface area (Å²) in [5.74, 6) is 1.95. The highest BCUT2D eigenvalue weighted by molar-refractivity contribution is 5.44. The van der Waals surface area contributed by atoms with Gasteiger partial charge in [0.15, 0.2) is 11.5 Å². The first-order valence-electron chi connectivity index (χ1n) is 6.95. The molecule has 0 radical (unpaired) electrons. The second-order valence-corrected chi connectivity index (χ2v) is 6.42. The predicted octanol–water partition coefficient (Wildman–Crippen LogP) is 3.56. The van der Waals surface area contributed by atoms with Crippen LogP contribution in [-0.2, 0) is 0 Å². The minimum atomic E-state index is -0.454. The zero-order valence-electron chi connectivity index (χ0n) is 12.3. The minimum absolute atomic E-state index is 0.203. The first-order chi connectivity index (χ1) is 8.88. The van der Waals surface area contributed by atoms with Crippen LogP contribution < -0.4 is 9.47 Å². The van der Waals surface area contributed by atoms with Crippen molar-refractivity contribution in [2.45, 2.75) is 40.2 Å². The minimum Gasteiger partial charge on any atom is -0.486 e. The van der Waals surface area contributed by atoms with Crippen molar-refractivity contribution in [3.63, 3.8) is 0 Å². The van der Waals surface area contributed by atoms with Crippen LogP contribution in [0.5, 0.6) is 11.5 Å². The molecule has 2 rings (SSSR count). The van der Waals surface area contributed by atoms with Crippen LogP contribution in [0.15, 0.2) is 18.2 Å². The van der Waals surface area contributed by atoms with Gasteiger partial charge in [-0.3, -0.25) is 0 Å². The molecular formula is C16H24O3. The van der Waals surface area contributed by atoms with Gasteiger partial charge in [0.1, 0.15) is 13.2 Å². The molecule has 3 nitrogen and oxygen atoms in total. The Morgan fingerprint density at radius 2 is 1.79 bits per heavy atom. The van der Waals surface area contributed by atoms with E-state index in [-0.39, 0.29) is 5.41 Å². The third-order valence-electron chi connectivity index (χ3n) is 4.01. The fraction of sp³-hybridized carbons (Fsp3) is 0.625. The van der Waals surface area contributed by atoms with E-state index < -0.39 is 6.10 Å². The Morgan fingerprint density at radius 1 is 1.16 bits per heavy atom. The normalized spacial score (nSPS) is 17.9. The zero-order chi connectivity index (χ0) is 14.0. The molecule has 2 atom stereocenters. The van der Waals surface area contributed by atoms with Crippen LogP contribution >= 0.6 is 0 Å². The van der Waals surface area contributed by atoms with E-state index in [1.807, 2.05) is 18.2 Å². The van der Waals surface area contributed by atoms with Crippen molar-refractivity contribution in [1.29, 1.82) is 0 Å². The third-order valence-corrected chi connectivity index (χ3v) is 4.01. The third kappa shape index (κ3) is 3.41. The average molecular weight is 264 g/mol. The molecule has 1 N–H and O–H groups in total. The highest BCUT2D eigenvalue weighted by Crippen LogP contribution is 2.37. The first-order valence-corrected chi connectivity index (χ1v) is 6.95. The second-order valence-electron chi connectivity index (χ2n) is 6.42. The van der Waals surface area contributed by atoms with Gasteiger partial charge in [-0.25, -0.2) is 0 Å². The summed E-state index contributed by atoms with van der Waals surface area (Å²) >= 11 is 0. The smallest absolute Gasteiger partial charge is 0.161 e. The van der Waals surface area contributed by atoms with Crippen LogP contribution in [0.1, 0.15) is 45.8 Å². The number of aliphatic hydroxyl groups excluding tert-OH is 1. The summed E-state index contributed by atoms with van der Waals surface area (Å²) in [5.41, 5.74) is 1.11. The number of hydrogen-bond acceptors (Lipinski definition) is 3. The van der Waals surface area contributed by atoms with Crippen LogP contribution in [0.25, 0.3) is 0 Å². The fourth-order valence-electron chi connectivity index (χ4n) is 2.09. The number of fused-ring (bicyclic) bond motifs is 1. The van der Waals surface area contributed by atoms with Crippen LogP contribution in [0.3, 0.4) is 0 Å². The lowest BCUT2D eigenvalue weighted by Gasteiger charge is -2.29. The Bertz CT molecular complexity index is 434. The number of hydrogen-bond donors (Lipinski definition) is 1. The molecule has 1 aliphatic heterocycles. The second kappa shape index (κ2) is 5.41. The molecule has 2 unspecified atom stereocenters. The Kier molecular flexibility index (Phi) is 4.04. The van der Waals surface area contributed by atoms with Crippen molar-refractivity contribution in [2.24, 2.45) is 11.3 Å². The van der Waals surface area contributed by atoms with E-state index >= 15 is 0 Å². The van der Waals surface area contributed by atoms with Gasteiger partial charge < -0.3 is 14.6 Å². The number of benzene rings is 1. The quantitative estimate of drug-likeness (QED) is 0.907. The van der Waals surface area contributed by atoms with Gasteiger partial charge >= 0.3 is 0 Å². The monoisotopic (exact) mass is 264 g/mol. The van der Waals surface area contributed by atoms with Crippen LogP contribution in [0.2, 0.25) is 0 Å². The molecule has 0 saturated heterocycles. The lowest BCUT2D eigenvalue weighted by Crippen LogP contribution is -2.20. The van der Waals surface area contributed by atoms with E-state index in [4.69, 9.17) is 9.47 Å². The summed E-state index contributed by atoms with van der Waals surface area (Å²) in [6.45, 7) is 9.96. The van der Waals surface area contributed by atoms with Gasteiger partial charge in [0, 0.05) is 0 Å². The van der Waals surface area contributed by atoms with Crippen molar-refractivity contribution in [2.75, 3.05) is 13.2 Å². The predicted molar refractivity (Wildman–Crippen MR) is 75.6 cm³/mol. The van der Waals surface area contributed by atoms with E-state index in [9.17, 15) is 5.11 Å². The molecule has 0 aliphatic carbocycles. The number of ether oxygens (including phenoxy) is 2. The molecule has 1 aromatic rings. The molecule has 19 heavy (non-hydrogen) atoms. The highest BCUT2D eigenvalue weighted by Gasteiger charge is 2.24. The summed E-state index contributed by atoms with van der Waals surface area (Å²) in [6, 6.07) is 5.71. The number of rotatable bonds is 3. The largest absolute Gasteiger partial charge is 0.486 e. The van der Waals surface area contributed by atoms with Gasteiger partial charge in [0.25, 0.3) is 0 Å². The van der Waals surface area contributed by atoms with E-state index in [1.165, 1.54) is 0 Å². The molecule has 3 heteroatoms. The van der Waals surface area contributed by atoms with Crippen molar-refractivity contribution >= 4 is 0 Å². The number of aliphatic hydroxyl groups is 1. The van der Waals surface area contributed by atoms with Crippen molar-refractivity contribution in [3.05, 3.63) is 23.8 Å². The first kappa shape index (κ1) is 14.2. The Hall–Kier alpha value is -1.22. The van der Waals surface area contributed by atoms with E-state index in [1.54, 1.807) is 0 Å². The Morgan fingerprint density at radius 3 is 2.42 bits per heavy atom. The summed E-state index contributed by atoms with van der Waals surface area (Å²) in [6.07, 6.45) is 0.299. The van der Waals surface area contributed by atoms with Crippen LogP contribution in [-0.4, -0.2) is 18.3 Å².